The van der Waals surface area contributed by atoms with Gasteiger partial charge < -0.3 is 14.7 Å². The van der Waals surface area contributed by atoms with Gasteiger partial charge in [0.05, 0.1) is 12.0 Å². The Balaban J connectivity index is 2.36. The van der Waals surface area contributed by atoms with Gasteiger partial charge in [-0.25, -0.2) is 8.42 Å². The molecule has 0 aromatic heterocycles. The summed E-state index contributed by atoms with van der Waals surface area (Å²) in [7, 11) is 1.36. The van der Waals surface area contributed by atoms with Crippen LogP contribution in [0.25, 0.3) is 0 Å². The predicted octanol–water partition coefficient (Wildman–Crippen LogP) is 3.07. The molecule has 1 N–H and O–H groups in total. The second kappa shape index (κ2) is 11.1. The number of hydrogen-bond acceptors (Lipinski definition) is 5. The number of methoxy groups -OCH3 is 1. The summed E-state index contributed by atoms with van der Waals surface area (Å²) in [6.45, 7) is 0.802. The summed E-state index contributed by atoms with van der Waals surface area (Å²) in [5.41, 5.74) is 0.731. The Morgan fingerprint density at radius 1 is 1.03 bits per heavy atom. The lowest BCUT2D eigenvalue weighted by molar-refractivity contribution is -0.141. The van der Waals surface area contributed by atoms with Gasteiger partial charge in [-0.15, -0.1) is 0 Å². The lowest BCUT2D eigenvalue weighted by Gasteiger charge is -2.28. The minimum absolute atomic E-state index is 0.0140. The van der Waals surface area contributed by atoms with Crippen molar-refractivity contribution in [2.75, 3.05) is 27.7 Å². The fraction of sp³-hybridized carbons (Fsp3) is 0.409. The first-order valence-corrected chi connectivity index (χ1v) is 11.3. The van der Waals surface area contributed by atoms with Gasteiger partial charge in [0.25, 0.3) is 0 Å². The number of rotatable bonds is 12. The highest BCUT2D eigenvalue weighted by Crippen LogP contribution is 2.25. The molecule has 30 heavy (non-hydrogen) atoms. The molecule has 7 nitrogen and oxygen atoms in total. The third kappa shape index (κ3) is 6.55. The molecule has 0 aliphatic heterocycles. The number of aliphatic carboxylic acids is 1. The van der Waals surface area contributed by atoms with Crippen molar-refractivity contribution in [1.82, 2.24) is 9.21 Å². The van der Waals surface area contributed by atoms with E-state index in [1.54, 1.807) is 36.4 Å². The van der Waals surface area contributed by atoms with Crippen molar-refractivity contribution >= 4 is 16.0 Å². The Labute approximate surface area is 178 Å². The van der Waals surface area contributed by atoms with Gasteiger partial charge in [-0.05, 0) is 69.7 Å². The first-order chi connectivity index (χ1) is 14.3. The van der Waals surface area contributed by atoms with Crippen LogP contribution in [-0.2, 0) is 21.4 Å². The third-order valence-electron chi connectivity index (χ3n) is 4.81. The third-order valence-corrected chi connectivity index (χ3v) is 6.68. The zero-order valence-electron chi connectivity index (χ0n) is 17.7. The SMILES string of the molecule is COc1ccc(S(=O)(=O)N(Cc2ccccc2)C(CCCCN(C)C)C(=O)O)cc1. The van der Waals surface area contributed by atoms with E-state index in [1.807, 2.05) is 25.1 Å². The van der Waals surface area contributed by atoms with Crippen molar-refractivity contribution < 1.29 is 23.1 Å². The van der Waals surface area contributed by atoms with Gasteiger partial charge in [-0.2, -0.15) is 4.31 Å². The van der Waals surface area contributed by atoms with Gasteiger partial charge >= 0.3 is 5.97 Å². The summed E-state index contributed by atoms with van der Waals surface area (Å²) in [4.78, 5) is 14.2. The quantitative estimate of drug-likeness (QED) is 0.517. The van der Waals surface area contributed by atoms with Crippen LogP contribution in [0.5, 0.6) is 5.75 Å². The lowest BCUT2D eigenvalue weighted by Crippen LogP contribution is -2.44. The zero-order valence-corrected chi connectivity index (χ0v) is 18.5. The van der Waals surface area contributed by atoms with Crippen LogP contribution in [0.1, 0.15) is 24.8 Å². The van der Waals surface area contributed by atoms with Gasteiger partial charge in [0.1, 0.15) is 11.8 Å². The average molecular weight is 435 g/mol. The number of unbranched alkanes of at least 4 members (excludes halogenated alkanes) is 1. The van der Waals surface area contributed by atoms with Crippen LogP contribution in [0.4, 0.5) is 0 Å². The fourth-order valence-electron chi connectivity index (χ4n) is 3.17. The molecule has 8 heteroatoms. The van der Waals surface area contributed by atoms with Crippen LogP contribution in [0.3, 0.4) is 0 Å². The van der Waals surface area contributed by atoms with Crippen molar-refractivity contribution in [3.05, 3.63) is 60.2 Å². The molecule has 0 radical (unpaired) electrons. The molecule has 0 spiro atoms. The zero-order chi connectivity index (χ0) is 22.1. The summed E-state index contributed by atoms with van der Waals surface area (Å²) in [5, 5.41) is 9.89. The van der Waals surface area contributed by atoms with Gasteiger partial charge in [0, 0.05) is 6.54 Å². The first kappa shape index (κ1) is 23.9. The number of carboxylic acids is 1. The molecule has 1 atom stereocenters. The molecule has 0 saturated heterocycles. The van der Waals surface area contributed by atoms with Gasteiger partial charge in [-0.1, -0.05) is 30.3 Å². The Morgan fingerprint density at radius 3 is 2.20 bits per heavy atom. The molecule has 1 unspecified atom stereocenters. The Kier molecular flexibility index (Phi) is 8.83. The predicted molar refractivity (Wildman–Crippen MR) is 116 cm³/mol. The summed E-state index contributed by atoms with van der Waals surface area (Å²) >= 11 is 0. The Bertz CT molecular complexity index is 899. The lowest BCUT2D eigenvalue weighted by atomic mass is 10.1. The van der Waals surface area contributed by atoms with E-state index in [4.69, 9.17) is 4.74 Å². The van der Waals surface area contributed by atoms with Gasteiger partial charge in [0.15, 0.2) is 0 Å². The molecule has 0 aliphatic carbocycles. The van der Waals surface area contributed by atoms with E-state index in [-0.39, 0.29) is 17.9 Å². The molecular formula is C22H30N2O5S. The number of ether oxygens (including phenoxy) is 1. The van der Waals surface area contributed by atoms with E-state index in [2.05, 4.69) is 0 Å². The van der Waals surface area contributed by atoms with Gasteiger partial charge in [0.2, 0.25) is 10.0 Å². The van der Waals surface area contributed by atoms with Crippen LogP contribution >= 0.6 is 0 Å². The van der Waals surface area contributed by atoms with Crippen LogP contribution < -0.4 is 4.74 Å². The standard InChI is InChI=1S/C22H30N2O5S/c1-23(2)16-8-7-11-21(22(25)26)24(17-18-9-5-4-6-10-18)30(27,28)20-14-12-19(29-3)13-15-20/h4-6,9-10,12-15,21H,7-8,11,16-17H2,1-3H3,(H,25,26). The molecule has 0 fully saturated rings. The summed E-state index contributed by atoms with van der Waals surface area (Å²) in [5.74, 6) is -0.616. The second-order valence-corrected chi connectivity index (χ2v) is 9.26. The molecular weight excluding hydrogens is 404 g/mol. The highest BCUT2D eigenvalue weighted by molar-refractivity contribution is 7.89. The molecule has 0 heterocycles. The van der Waals surface area contributed by atoms with Crippen molar-refractivity contribution in [3.63, 3.8) is 0 Å². The monoisotopic (exact) mass is 434 g/mol. The molecule has 164 valence electrons. The molecule has 0 saturated carbocycles. The maximum atomic E-state index is 13.4. The van der Waals surface area contributed by atoms with E-state index >= 15 is 0 Å². The van der Waals surface area contributed by atoms with E-state index in [0.29, 0.717) is 12.2 Å². The molecule has 0 aliphatic rings. The normalized spacial score (nSPS) is 12.8. The van der Waals surface area contributed by atoms with Crippen LogP contribution in [0.2, 0.25) is 0 Å². The molecule has 0 amide bonds. The molecule has 2 aromatic rings. The number of hydrogen-bond donors (Lipinski definition) is 1. The maximum absolute atomic E-state index is 13.4. The van der Waals surface area contributed by atoms with Gasteiger partial charge in [-0.3, -0.25) is 4.79 Å². The van der Waals surface area contributed by atoms with E-state index < -0.39 is 22.0 Å². The number of nitrogens with zero attached hydrogens (tertiary/aromatic N) is 2. The number of carbonyl (C=O) groups is 1. The molecule has 2 rings (SSSR count). The fourth-order valence-corrected chi connectivity index (χ4v) is 4.77. The van der Waals surface area contributed by atoms with Crippen molar-refractivity contribution in [1.29, 1.82) is 0 Å². The van der Waals surface area contributed by atoms with Crippen molar-refractivity contribution in [3.8, 4) is 5.75 Å². The summed E-state index contributed by atoms with van der Waals surface area (Å²) in [6.07, 6.45) is 1.64. The molecule has 2 aromatic carbocycles. The van der Waals surface area contributed by atoms with E-state index in [9.17, 15) is 18.3 Å². The number of sulfonamides is 1. The smallest absolute Gasteiger partial charge is 0.322 e. The maximum Gasteiger partial charge on any atom is 0.322 e. The minimum atomic E-state index is -4.04. The van der Waals surface area contributed by atoms with E-state index in [0.717, 1.165) is 22.8 Å². The topological polar surface area (TPSA) is 87.2 Å². The summed E-state index contributed by atoms with van der Waals surface area (Å²) < 4.78 is 33.1. The second-order valence-electron chi connectivity index (χ2n) is 7.36. The van der Waals surface area contributed by atoms with Crippen LogP contribution in [-0.4, -0.2) is 62.5 Å². The van der Waals surface area contributed by atoms with Crippen LogP contribution in [0, 0.1) is 0 Å². The highest BCUT2D eigenvalue weighted by atomic mass is 32.2. The van der Waals surface area contributed by atoms with Crippen LogP contribution in [0.15, 0.2) is 59.5 Å². The average Bonchev–Trinajstić information content (AvgIpc) is 2.72. The summed E-state index contributed by atoms with van der Waals surface area (Å²) in [6, 6.07) is 13.9. The highest BCUT2D eigenvalue weighted by Gasteiger charge is 2.35. The molecule has 0 bridgehead atoms. The largest absolute Gasteiger partial charge is 0.497 e. The van der Waals surface area contributed by atoms with Crippen molar-refractivity contribution in [2.24, 2.45) is 0 Å². The van der Waals surface area contributed by atoms with Crippen molar-refractivity contribution in [2.45, 2.75) is 36.7 Å². The Hall–Kier alpha value is -2.42. The number of benzene rings is 2. The number of carboxylic acid groups (broad SMARTS) is 1. The minimum Gasteiger partial charge on any atom is -0.497 e. The Morgan fingerprint density at radius 2 is 1.67 bits per heavy atom. The van der Waals surface area contributed by atoms with E-state index in [1.165, 1.54) is 19.2 Å². The first-order valence-electron chi connectivity index (χ1n) is 9.83.